The summed E-state index contributed by atoms with van der Waals surface area (Å²) in [6.07, 6.45) is 1.98. The van der Waals surface area contributed by atoms with Gasteiger partial charge in [-0.2, -0.15) is 0 Å². The molecule has 0 heterocycles. The van der Waals surface area contributed by atoms with Crippen molar-refractivity contribution in [3.8, 4) is 0 Å². The molecule has 2 aromatic rings. The normalized spacial score (nSPS) is 11.8. The lowest BCUT2D eigenvalue weighted by molar-refractivity contribution is -0.384. The summed E-state index contributed by atoms with van der Waals surface area (Å²) in [5, 5.41) is 13.7. The number of hydrogen-bond donors (Lipinski definition) is 1. The number of non-ortho nitro benzene ring substituents is 1. The van der Waals surface area contributed by atoms with Crippen LogP contribution < -0.4 is 5.32 Å². The lowest BCUT2D eigenvalue weighted by atomic mass is 10.1. The number of nitro benzene ring substituents is 1. The highest BCUT2D eigenvalue weighted by molar-refractivity contribution is 8.00. The van der Waals surface area contributed by atoms with Gasteiger partial charge in [-0.25, -0.2) is 0 Å². The number of anilines is 1. The van der Waals surface area contributed by atoms with Crippen LogP contribution >= 0.6 is 23.5 Å². The highest BCUT2D eigenvalue weighted by Crippen LogP contribution is 2.30. The van der Waals surface area contributed by atoms with Crippen molar-refractivity contribution in [2.75, 3.05) is 17.3 Å². The topological polar surface area (TPSA) is 72.2 Å². The van der Waals surface area contributed by atoms with E-state index >= 15 is 0 Å². The molecule has 5 nitrogen and oxygen atoms in total. The van der Waals surface area contributed by atoms with Crippen LogP contribution in [0.5, 0.6) is 0 Å². The van der Waals surface area contributed by atoms with Crippen molar-refractivity contribution >= 4 is 40.8 Å². The molecule has 0 aliphatic heterocycles. The van der Waals surface area contributed by atoms with E-state index in [2.05, 4.69) is 5.32 Å². The average Bonchev–Trinajstić information content (AvgIpc) is 2.60. The summed E-state index contributed by atoms with van der Waals surface area (Å²) in [5.41, 5.74) is 1.68. The summed E-state index contributed by atoms with van der Waals surface area (Å²) < 4.78 is 0. The fourth-order valence-corrected chi connectivity index (χ4v) is 3.36. The van der Waals surface area contributed by atoms with Crippen LogP contribution in [0.15, 0.2) is 53.4 Å². The first kappa shape index (κ1) is 18.4. The number of nitrogens with one attached hydrogen (secondary N) is 1. The van der Waals surface area contributed by atoms with Crippen LogP contribution in [-0.2, 0) is 4.79 Å². The van der Waals surface area contributed by atoms with Gasteiger partial charge in [0.15, 0.2) is 0 Å². The van der Waals surface area contributed by atoms with E-state index < -0.39 is 4.92 Å². The summed E-state index contributed by atoms with van der Waals surface area (Å²) in [7, 11) is 0. The number of amides is 1. The van der Waals surface area contributed by atoms with Crippen molar-refractivity contribution in [1.82, 2.24) is 0 Å². The van der Waals surface area contributed by atoms with Crippen molar-refractivity contribution < 1.29 is 9.72 Å². The van der Waals surface area contributed by atoms with Crippen LogP contribution in [0.1, 0.15) is 17.7 Å². The Labute approximate surface area is 149 Å². The number of benzene rings is 2. The molecule has 126 valence electrons. The van der Waals surface area contributed by atoms with E-state index in [1.165, 1.54) is 17.8 Å². The summed E-state index contributed by atoms with van der Waals surface area (Å²) >= 11 is 3.07. The minimum absolute atomic E-state index is 0.00631. The standard InChI is InChI=1S/C17H18N2O3S2/c1-12(13-5-3-7-15(9-13)19(21)22)24-11-17(20)18-14-6-4-8-16(10-14)23-2/h3-10,12H,11H2,1-2H3,(H,18,20)/t12-/m1/s1. The van der Waals surface area contributed by atoms with Gasteiger partial charge in [0.1, 0.15) is 0 Å². The molecule has 0 radical (unpaired) electrons. The van der Waals surface area contributed by atoms with Gasteiger partial charge in [-0.1, -0.05) is 18.2 Å². The first-order valence-corrected chi connectivity index (χ1v) is 9.57. The highest BCUT2D eigenvalue weighted by Gasteiger charge is 2.13. The molecule has 0 unspecified atom stereocenters. The average molecular weight is 362 g/mol. The molecule has 0 bridgehead atoms. The minimum Gasteiger partial charge on any atom is -0.325 e. The molecule has 0 fully saturated rings. The number of rotatable bonds is 7. The Hall–Kier alpha value is -1.99. The van der Waals surface area contributed by atoms with Gasteiger partial charge in [-0.3, -0.25) is 14.9 Å². The Bertz CT molecular complexity index is 737. The second-order valence-electron chi connectivity index (χ2n) is 5.09. The van der Waals surface area contributed by atoms with Crippen LogP contribution in [-0.4, -0.2) is 22.8 Å². The zero-order valence-corrected chi connectivity index (χ0v) is 15.0. The summed E-state index contributed by atoms with van der Waals surface area (Å²) in [6.45, 7) is 1.94. The van der Waals surface area contributed by atoms with Crippen LogP contribution in [0, 0.1) is 10.1 Å². The van der Waals surface area contributed by atoms with E-state index in [0.717, 1.165) is 16.1 Å². The van der Waals surface area contributed by atoms with E-state index in [1.54, 1.807) is 23.9 Å². The van der Waals surface area contributed by atoms with Gasteiger partial charge in [0, 0.05) is 28.0 Å². The van der Waals surface area contributed by atoms with Crippen molar-refractivity contribution in [2.24, 2.45) is 0 Å². The number of nitrogens with zero attached hydrogens (tertiary/aromatic N) is 1. The van der Waals surface area contributed by atoms with E-state index in [-0.39, 0.29) is 22.6 Å². The van der Waals surface area contributed by atoms with Gasteiger partial charge >= 0.3 is 0 Å². The molecule has 2 rings (SSSR count). The molecule has 7 heteroatoms. The Morgan fingerprint density at radius 1 is 1.25 bits per heavy atom. The largest absolute Gasteiger partial charge is 0.325 e. The predicted octanol–water partition coefficient (Wildman–Crippen LogP) is 4.75. The smallest absolute Gasteiger partial charge is 0.269 e. The van der Waals surface area contributed by atoms with E-state index in [0.29, 0.717) is 0 Å². The number of thioether (sulfide) groups is 2. The van der Waals surface area contributed by atoms with Crippen LogP contribution in [0.25, 0.3) is 0 Å². The Balaban J connectivity index is 1.91. The summed E-state index contributed by atoms with van der Waals surface area (Å²) in [6, 6.07) is 14.2. The molecule has 1 atom stereocenters. The van der Waals surface area contributed by atoms with E-state index in [4.69, 9.17) is 0 Å². The molecule has 0 aromatic heterocycles. The fourth-order valence-electron chi connectivity index (χ4n) is 2.09. The first-order chi connectivity index (χ1) is 11.5. The maximum atomic E-state index is 12.1. The third kappa shape index (κ3) is 5.28. The van der Waals surface area contributed by atoms with Gasteiger partial charge in [-0.05, 0) is 36.9 Å². The van der Waals surface area contributed by atoms with Gasteiger partial charge < -0.3 is 5.32 Å². The molecule has 0 aliphatic rings. The number of nitro groups is 1. The van der Waals surface area contributed by atoms with Crippen molar-refractivity contribution in [2.45, 2.75) is 17.1 Å². The number of carbonyl (C=O) groups excluding carboxylic acids is 1. The van der Waals surface area contributed by atoms with Crippen molar-refractivity contribution in [3.05, 3.63) is 64.2 Å². The maximum absolute atomic E-state index is 12.1. The minimum atomic E-state index is -0.410. The predicted molar refractivity (Wildman–Crippen MR) is 101 cm³/mol. The molecule has 24 heavy (non-hydrogen) atoms. The fraction of sp³-hybridized carbons (Fsp3) is 0.235. The lowest BCUT2D eigenvalue weighted by Crippen LogP contribution is -2.14. The van der Waals surface area contributed by atoms with Crippen LogP contribution in [0.3, 0.4) is 0 Å². The number of carbonyl (C=O) groups is 1. The third-order valence-corrected chi connectivity index (χ3v) is 5.29. The summed E-state index contributed by atoms with van der Waals surface area (Å²) in [5.74, 6) is 0.198. The molecule has 1 amide bonds. The molecular formula is C17H18N2O3S2. The monoisotopic (exact) mass is 362 g/mol. The maximum Gasteiger partial charge on any atom is 0.269 e. The van der Waals surface area contributed by atoms with E-state index in [1.807, 2.05) is 43.5 Å². The van der Waals surface area contributed by atoms with Gasteiger partial charge in [0.25, 0.3) is 5.69 Å². The zero-order valence-electron chi connectivity index (χ0n) is 13.4. The van der Waals surface area contributed by atoms with Gasteiger partial charge in [0.2, 0.25) is 5.91 Å². The molecule has 0 spiro atoms. The zero-order chi connectivity index (χ0) is 17.5. The molecule has 0 saturated carbocycles. The van der Waals surface area contributed by atoms with Crippen molar-refractivity contribution in [1.29, 1.82) is 0 Å². The second-order valence-corrected chi connectivity index (χ2v) is 7.29. The lowest BCUT2D eigenvalue weighted by Gasteiger charge is -2.12. The Kier molecular flexibility index (Phi) is 6.69. The molecular weight excluding hydrogens is 344 g/mol. The van der Waals surface area contributed by atoms with Gasteiger partial charge in [-0.15, -0.1) is 23.5 Å². The quantitative estimate of drug-likeness (QED) is 0.437. The van der Waals surface area contributed by atoms with E-state index in [9.17, 15) is 14.9 Å². The molecule has 1 N–H and O–H groups in total. The van der Waals surface area contributed by atoms with Crippen molar-refractivity contribution in [3.63, 3.8) is 0 Å². The second kappa shape index (κ2) is 8.75. The highest BCUT2D eigenvalue weighted by atomic mass is 32.2. The third-order valence-electron chi connectivity index (χ3n) is 3.37. The summed E-state index contributed by atoms with van der Waals surface area (Å²) in [4.78, 5) is 23.6. The molecule has 0 aliphatic carbocycles. The SMILES string of the molecule is CSc1cccc(NC(=O)CS[C@H](C)c2cccc([N+](=O)[O-])c2)c1. The van der Waals surface area contributed by atoms with Crippen LogP contribution in [0.2, 0.25) is 0 Å². The first-order valence-electron chi connectivity index (χ1n) is 7.29. The van der Waals surface area contributed by atoms with Crippen LogP contribution in [0.4, 0.5) is 11.4 Å². The number of hydrogen-bond acceptors (Lipinski definition) is 5. The molecule has 2 aromatic carbocycles. The molecule has 0 saturated heterocycles. The Morgan fingerprint density at radius 2 is 2.00 bits per heavy atom. The Morgan fingerprint density at radius 3 is 2.71 bits per heavy atom. The van der Waals surface area contributed by atoms with Gasteiger partial charge in [0.05, 0.1) is 10.7 Å².